The van der Waals surface area contributed by atoms with Gasteiger partial charge in [0, 0.05) is 23.7 Å². The molecule has 0 amide bonds. The van der Waals surface area contributed by atoms with E-state index >= 15 is 0 Å². The van der Waals surface area contributed by atoms with Gasteiger partial charge in [-0.15, -0.1) is 11.8 Å². The third-order valence-corrected chi connectivity index (χ3v) is 3.94. The molecule has 0 saturated carbocycles. The molecule has 7 heteroatoms. The predicted octanol–water partition coefficient (Wildman–Crippen LogP) is 1.24. The number of aliphatic carboxylic acids is 1. The molecule has 1 heterocycles. The van der Waals surface area contributed by atoms with E-state index in [9.17, 15) is 4.79 Å². The smallest absolute Gasteiger partial charge is 0.321 e. The van der Waals surface area contributed by atoms with Crippen molar-refractivity contribution < 1.29 is 19.2 Å². The summed E-state index contributed by atoms with van der Waals surface area (Å²) >= 11 is 1.43. The van der Waals surface area contributed by atoms with Gasteiger partial charge in [0.15, 0.2) is 5.76 Å². The molecule has 1 atom stereocenters. The first-order valence-electron chi connectivity index (χ1n) is 5.42. The van der Waals surface area contributed by atoms with Crippen molar-refractivity contribution in [2.75, 3.05) is 7.11 Å². The first-order chi connectivity index (χ1) is 8.36. The van der Waals surface area contributed by atoms with Gasteiger partial charge < -0.3 is 20.1 Å². The van der Waals surface area contributed by atoms with Crippen LogP contribution in [-0.2, 0) is 21.9 Å². The number of rotatable bonds is 7. The Bertz CT molecular complexity index is 406. The van der Waals surface area contributed by atoms with Crippen molar-refractivity contribution in [3.8, 4) is 0 Å². The summed E-state index contributed by atoms with van der Waals surface area (Å²) in [7, 11) is 1.58. The number of carboxylic acids is 1. The molecule has 0 aliphatic heterocycles. The van der Waals surface area contributed by atoms with Crippen molar-refractivity contribution in [1.82, 2.24) is 5.16 Å². The highest BCUT2D eigenvalue weighted by Crippen LogP contribution is 2.30. The van der Waals surface area contributed by atoms with Crippen molar-refractivity contribution >= 4 is 17.7 Å². The Balaban J connectivity index is 2.55. The SMILES string of the molecule is COCc1cc(CSC(C)(C)[C@H](N)C(=O)O)no1. The molecule has 0 spiro atoms. The van der Waals surface area contributed by atoms with Crippen molar-refractivity contribution in [3.63, 3.8) is 0 Å². The molecule has 3 N–H and O–H groups in total. The summed E-state index contributed by atoms with van der Waals surface area (Å²) in [6.07, 6.45) is 0. The second-order valence-electron chi connectivity index (χ2n) is 4.43. The van der Waals surface area contributed by atoms with Crippen LogP contribution in [0.3, 0.4) is 0 Å². The highest BCUT2D eigenvalue weighted by Gasteiger charge is 2.32. The van der Waals surface area contributed by atoms with E-state index in [1.807, 2.05) is 0 Å². The first-order valence-corrected chi connectivity index (χ1v) is 6.41. The average molecular weight is 274 g/mol. The van der Waals surface area contributed by atoms with Gasteiger partial charge in [-0.2, -0.15) is 0 Å². The fraction of sp³-hybridized carbons (Fsp3) is 0.636. The van der Waals surface area contributed by atoms with Crippen LogP contribution in [0.2, 0.25) is 0 Å². The number of aromatic nitrogens is 1. The van der Waals surface area contributed by atoms with Gasteiger partial charge in [0.2, 0.25) is 0 Å². The number of hydrogen-bond donors (Lipinski definition) is 2. The number of ether oxygens (including phenoxy) is 1. The number of carbonyl (C=O) groups is 1. The number of nitrogens with two attached hydrogens (primary N) is 1. The molecule has 1 aromatic rings. The van der Waals surface area contributed by atoms with Crippen LogP contribution < -0.4 is 5.73 Å². The van der Waals surface area contributed by atoms with E-state index in [0.29, 0.717) is 18.1 Å². The van der Waals surface area contributed by atoms with E-state index in [0.717, 1.165) is 5.69 Å². The van der Waals surface area contributed by atoms with Gasteiger partial charge in [-0.25, -0.2) is 0 Å². The zero-order valence-electron chi connectivity index (χ0n) is 10.7. The molecular formula is C11H18N2O4S. The van der Waals surface area contributed by atoms with E-state index in [2.05, 4.69) is 5.16 Å². The number of nitrogens with zero attached hydrogens (tertiary/aromatic N) is 1. The quantitative estimate of drug-likeness (QED) is 0.771. The zero-order valence-corrected chi connectivity index (χ0v) is 11.5. The van der Waals surface area contributed by atoms with Crippen LogP contribution in [0.25, 0.3) is 0 Å². The fourth-order valence-corrected chi connectivity index (χ4v) is 2.22. The highest BCUT2D eigenvalue weighted by atomic mass is 32.2. The maximum absolute atomic E-state index is 10.9. The summed E-state index contributed by atoms with van der Waals surface area (Å²) in [6.45, 7) is 3.97. The first kappa shape index (κ1) is 15.0. The molecule has 0 unspecified atom stereocenters. The third-order valence-electron chi connectivity index (χ3n) is 2.50. The molecule has 0 saturated heterocycles. The molecule has 1 aromatic heterocycles. The Morgan fingerprint density at radius 3 is 2.94 bits per heavy atom. The lowest BCUT2D eigenvalue weighted by atomic mass is 10.1. The van der Waals surface area contributed by atoms with Crippen LogP contribution in [0.5, 0.6) is 0 Å². The van der Waals surface area contributed by atoms with Crippen molar-refractivity contribution in [2.24, 2.45) is 5.73 Å². The Kier molecular flexibility index (Phi) is 5.18. The molecule has 0 aromatic carbocycles. The van der Waals surface area contributed by atoms with E-state index in [4.69, 9.17) is 20.1 Å². The van der Waals surface area contributed by atoms with Gasteiger partial charge in [-0.1, -0.05) is 5.16 Å². The van der Waals surface area contributed by atoms with Crippen LogP contribution in [0.4, 0.5) is 0 Å². The Labute approximate surface area is 110 Å². The molecular weight excluding hydrogens is 256 g/mol. The van der Waals surface area contributed by atoms with E-state index in [1.54, 1.807) is 27.0 Å². The van der Waals surface area contributed by atoms with Crippen LogP contribution >= 0.6 is 11.8 Å². The molecule has 0 fully saturated rings. The predicted molar refractivity (Wildman–Crippen MR) is 68.2 cm³/mol. The summed E-state index contributed by atoms with van der Waals surface area (Å²) in [4.78, 5) is 10.9. The van der Waals surface area contributed by atoms with Gasteiger partial charge in [-0.05, 0) is 13.8 Å². The number of carboxylic acid groups (broad SMARTS) is 1. The maximum atomic E-state index is 10.9. The van der Waals surface area contributed by atoms with Crippen LogP contribution in [-0.4, -0.2) is 34.1 Å². The van der Waals surface area contributed by atoms with Gasteiger partial charge in [0.25, 0.3) is 0 Å². The van der Waals surface area contributed by atoms with Crippen LogP contribution in [0.1, 0.15) is 25.3 Å². The molecule has 0 radical (unpaired) electrons. The summed E-state index contributed by atoms with van der Waals surface area (Å²) < 4.78 is 9.38. The van der Waals surface area contributed by atoms with E-state index in [-0.39, 0.29) is 0 Å². The van der Waals surface area contributed by atoms with Gasteiger partial charge >= 0.3 is 5.97 Å². The second-order valence-corrected chi connectivity index (χ2v) is 6.06. The summed E-state index contributed by atoms with van der Waals surface area (Å²) in [5, 5.41) is 12.8. The lowest BCUT2D eigenvalue weighted by molar-refractivity contribution is -0.139. The monoisotopic (exact) mass is 274 g/mol. The standard InChI is InChI=1S/C11H18N2O4S/c1-11(2,9(12)10(14)15)18-6-7-4-8(5-16-3)17-13-7/h4,9H,5-6,12H2,1-3H3,(H,14,15)/t9-/m1/s1. The Morgan fingerprint density at radius 1 is 1.72 bits per heavy atom. The van der Waals surface area contributed by atoms with E-state index in [1.165, 1.54) is 11.8 Å². The topological polar surface area (TPSA) is 98.6 Å². The largest absolute Gasteiger partial charge is 0.480 e. The summed E-state index contributed by atoms with van der Waals surface area (Å²) in [5.74, 6) is 0.183. The van der Waals surface area contributed by atoms with Crippen LogP contribution in [0, 0.1) is 0 Å². The fourth-order valence-electron chi connectivity index (χ4n) is 1.28. The maximum Gasteiger partial charge on any atom is 0.321 e. The molecule has 102 valence electrons. The third kappa shape index (κ3) is 4.01. The summed E-state index contributed by atoms with van der Waals surface area (Å²) in [6, 6.07) is 0.867. The van der Waals surface area contributed by atoms with E-state index < -0.39 is 16.8 Å². The Hall–Kier alpha value is -1.05. The Morgan fingerprint density at radius 2 is 2.39 bits per heavy atom. The number of methoxy groups -OCH3 is 1. The lowest BCUT2D eigenvalue weighted by Crippen LogP contribution is -2.46. The van der Waals surface area contributed by atoms with Crippen molar-refractivity contribution in [3.05, 3.63) is 17.5 Å². The van der Waals surface area contributed by atoms with Crippen molar-refractivity contribution in [2.45, 2.75) is 37.0 Å². The number of hydrogen-bond acceptors (Lipinski definition) is 6. The zero-order chi connectivity index (χ0) is 13.8. The molecule has 1 rings (SSSR count). The van der Waals surface area contributed by atoms with Gasteiger partial charge in [-0.3, -0.25) is 4.79 Å². The minimum absolute atomic E-state index is 0.371. The number of thioether (sulfide) groups is 1. The molecule has 18 heavy (non-hydrogen) atoms. The van der Waals surface area contributed by atoms with Crippen LogP contribution in [0.15, 0.2) is 10.6 Å². The van der Waals surface area contributed by atoms with Crippen molar-refractivity contribution in [1.29, 1.82) is 0 Å². The van der Waals surface area contributed by atoms with Gasteiger partial charge in [0.1, 0.15) is 12.6 Å². The highest BCUT2D eigenvalue weighted by molar-refractivity contribution is 7.99. The average Bonchev–Trinajstić information content (AvgIpc) is 2.74. The second kappa shape index (κ2) is 6.21. The lowest BCUT2D eigenvalue weighted by Gasteiger charge is -2.27. The molecule has 6 nitrogen and oxygen atoms in total. The minimum atomic E-state index is -1.01. The molecule has 0 aliphatic rings. The molecule has 0 bridgehead atoms. The minimum Gasteiger partial charge on any atom is -0.480 e. The molecule has 0 aliphatic carbocycles. The summed E-state index contributed by atoms with van der Waals surface area (Å²) in [5.41, 5.74) is 6.37. The normalized spacial score (nSPS) is 13.6. The van der Waals surface area contributed by atoms with Gasteiger partial charge in [0.05, 0.1) is 5.69 Å².